The van der Waals surface area contributed by atoms with Crippen molar-refractivity contribution in [3.05, 3.63) is 30.1 Å². The first kappa shape index (κ1) is 5.86. The van der Waals surface area contributed by atoms with Crippen LogP contribution in [0.3, 0.4) is 0 Å². The van der Waals surface area contributed by atoms with Crippen molar-refractivity contribution in [2.45, 2.75) is 18.4 Å². The van der Waals surface area contributed by atoms with Gasteiger partial charge in [0.2, 0.25) is 0 Å². The van der Waals surface area contributed by atoms with Crippen molar-refractivity contribution in [3.8, 4) is 0 Å². The highest BCUT2D eigenvalue weighted by Crippen LogP contribution is 2.38. The lowest BCUT2D eigenvalue weighted by Crippen LogP contribution is -2.00. The second kappa shape index (κ2) is 2.06. The van der Waals surface area contributed by atoms with Gasteiger partial charge in [0.1, 0.15) is 0 Å². The Bertz CT molecular complexity index is 220. The first-order chi connectivity index (χ1) is 4.88. The third-order valence-corrected chi connectivity index (χ3v) is 1.95. The molecule has 2 N–H and O–H groups in total. The molecule has 1 aliphatic rings. The minimum absolute atomic E-state index is 0.393. The van der Waals surface area contributed by atoms with Gasteiger partial charge in [-0.15, -0.1) is 0 Å². The Morgan fingerprint density at radius 3 is 2.90 bits per heavy atom. The Morgan fingerprint density at radius 1 is 1.60 bits per heavy atom. The molecule has 1 aromatic rings. The van der Waals surface area contributed by atoms with Gasteiger partial charge in [-0.1, -0.05) is 6.07 Å². The molecule has 0 saturated heterocycles. The molecular formula is C8H10N2. The summed E-state index contributed by atoms with van der Waals surface area (Å²) in [5, 5.41) is 0. The number of hydrogen-bond acceptors (Lipinski definition) is 2. The highest BCUT2D eigenvalue weighted by atomic mass is 14.7. The molecule has 1 saturated carbocycles. The number of pyridine rings is 1. The zero-order chi connectivity index (χ0) is 6.97. The molecule has 1 aromatic heterocycles. The number of nitrogens with two attached hydrogens (primary N) is 1. The molecule has 1 aliphatic carbocycles. The molecule has 2 rings (SSSR count). The highest BCUT2D eigenvalue weighted by molar-refractivity contribution is 5.23. The Labute approximate surface area is 60.1 Å². The van der Waals surface area contributed by atoms with E-state index in [9.17, 15) is 0 Å². The Morgan fingerprint density at radius 2 is 2.40 bits per heavy atom. The molecule has 2 atom stereocenters. The van der Waals surface area contributed by atoms with E-state index in [2.05, 4.69) is 11.1 Å². The van der Waals surface area contributed by atoms with Crippen molar-refractivity contribution in [1.82, 2.24) is 4.98 Å². The van der Waals surface area contributed by atoms with E-state index in [1.165, 1.54) is 5.56 Å². The average Bonchev–Trinajstić information content (AvgIpc) is 2.69. The number of hydrogen-bond donors (Lipinski definition) is 1. The maximum Gasteiger partial charge on any atom is 0.0303 e. The van der Waals surface area contributed by atoms with E-state index in [0.29, 0.717) is 12.0 Å². The van der Waals surface area contributed by atoms with Crippen molar-refractivity contribution >= 4 is 0 Å². The van der Waals surface area contributed by atoms with Crippen molar-refractivity contribution in [1.29, 1.82) is 0 Å². The summed E-state index contributed by atoms with van der Waals surface area (Å²) in [6.45, 7) is 0. The maximum atomic E-state index is 5.67. The molecule has 0 bridgehead atoms. The molecule has 1 heterocycles. The van der Waals surface area contributed by atoms with Gasteiger partial charge in [-0.3, -0.25) is 4.98 Å². The van der Waals surface area contributed by atoms with Crippen LogP contribution in [0.1, 0.15) is 17.9 Å². The van der Waals surface area contributed by atoms with Crippen molar-refractivity contribution in [2.24, 2.45) is 5.73 Å². The zero-order valence-electron chi connectivity index (χ0n) is 5.70. The largest absolute Gasteiger partial charge is 0.327 e. The summed E-state index contributed by atoms with van der Waals surface area (Å²) in [4.78, 5) is 4.02. The van der Waals surface area contributed by atoms with E-state index >= 15 is 0 Å². The molecule has 1 fully saturated rings. The van der Waals surface area contributed by atoms with Crippen LogP contribution < -0.4 is 5.73 Å². The van der Waals surface area contributed by atoms with E-state index < -0.39 is 0 Å². The SMILES string of the molecule is N[C@H]1C[C@H]1c1cccnc1. The first-order valence-electron chi connectivity index (χ1n) is 3.53. The van der Waals surface area contributed by atoms with Crippen LogP contribution in [0.25, 0.3) is 0 Å². The van der Waals surface area contributed by atoms with Crippen LogP contribution >= 0.6 is 0 Å². The molecule has 0 radical (unpaired) electrons. The van der Waals surface area contributed by atoms with E-state index in [4.69, 9.17) is 5.73 Å². The van der Waals surface area contributed by atoms with Gasteiger partial charge in [0.05, 0.1) is 0 Å². The molecule has 0 aromatic carbocycles. The molecule has 2 heteroatoms. The zero-order valence-corrected chi connectivity index (χ0v) is 5.70. The summed E-state index contributed by atoms with van der Waals surface area (Å²) >= 11 is 0. The average molecular weight is 134 g/mol. The number of rotatable bonds is 1. The van der Waals surface area contributed by atoms with Gasteiger partial charge < -0.3 is 5.73 Å². The topological polar surface area (TPSA) is 38.9 Å². The van der Waals surface area contributed by atoms with E-state index in [1.54, 1.807) is 6.20 Å². The van der Waals surface area contributed by atoms with Crippen molar-refractivity contribution in [3.63, 3.8) is 0 Å². The molecule has 0 amide bonds. The molecule has 0 spiro atoms. The number of aromatic nitrogens is 1. The molecule has 0 unspecified atom stereocenters. The normalized spacial score (nSPS) is 30.1. The second-order valence-electron chi connectivity index (χ2n) is 2.79. The molecule has 2 nitrogen and oxygen atoms in total. The van der Waals surface area contributed by atoms with Crippen molar-refractivity contribution < 1.29 is 0 Å². The second-order valence-corrected chi connectivity index (χ2v) is 2.79. The summed E-state index contributed by atoms with van der Waals surface area (Å²) in [7, 11) is 0. The Hall–Kier alpha value is -0.890. The van der Waals surface area contributed by atoms with E-state index in [1.807, 2.05) is 12.3 Å². The first-order valence-corrected chi connectivity index (χ1v) is 3.53. The van der Waals surface area contributed by atoms with Gasteiger partial charge in [0.15, 0.2) is 0 Å². The fourth-order valence-electron chi connectivity index (χ4n) is 1.19. The predicted octanol–water partition coefficient (Wildman–Crippen LogP) is 0.896. The standard InChI is InChI=1S/C8H10N2/c9-8-4-7(8)6-2-1-3-10-5-6/h1-3,5,7-8H,4,9H2/t7-,8-/m0/s1. The van der Waals surface area contributed by atoms with Crippen LogP contribution in [0.5, 0.6) is 0 Å². The lowest BCUT2D eigenvalue weighted by Gasteiger charge is -1.93. The predicted molar refractivity (Wildman–Crippen MR) is 39.6 cm³/mol. The third-order valence-electron chi connectivity index (χ3n) is 1.95. The van der Waals surface area contributed by atoms with Crippen LogP contribution in [0, 0.1) is 0 Å². The van der Waals surface area contributed by atoms with Crippen LogP contribution in [0.15, 0.2) is 24.5 Å². The van der Waals surface area contributed by atoms with Crippen LogP contribution in [0.4, 0.5) is 0 Å². The summed E-state index contributed by atoms with van der Waals surface area (Å²) in [5.74, 6) is 0.591. The van der Waals surface area contributed by atoms with Gasteiger partial charge in [0, 0.05) is 24.4 Å². The fraction of sp³-hybridized carbons (Fsp3) is 0.375. The van der Waals surface area contributed by atoms with Gasteiger partial charge >= 0.3 is 0 Å². The smallest absolute Gasteiger partial charge is 0.0303 e. The maximum absolute atomic E-state index is 5.67. The van der Waals surface area contributed by atoms with Gasteiger partial charge in [-0.25, -0.2) is 0 Å². The Balaban J connectivity index is 2.20. The van der Waals surface area contributed by atoms with E-state index in [0.717, 1.165) is 6.42 Å². The van der Waals surface area contributed by atoms with Crippen molar-refractivity contribution in [2.75, 3.05) is 0 Å². The molecule has 52 valence electrons. The molecular weight excluding hydrogens is 124 g/mol. The summed E-state index contributed by atoms with van der Waals surface area (Å²) < 4.78 is 0. The van der Waals surface area contributed by atoms with Crippen LogP contribution in [0.2, 0.25) is 0 Å². The van der Waals surface area contributed by atoms with Gasteiger partial charge in [-0.05, 0) is 18.1 Å². The number of nitrogens with zero attached hydrogens (tertiary/aromatic N) is 1. The van der Waals surface area contributed by atoms with E-state index in [-0.39, 0.29) is 0 Å². The Kier molecular flexibility index (Phi) is 1.21. The lowest BCUT2D eigenvalue weighted by atomic mass is 10.2. The molecule has 0 aliphatic heterocycles. The minimum Gasteiger partial charge on any atom is -0.327 e. The highest BCUT2D eigenvalue weighted by Gasteiger charge is 2.34. The lowest BCUT2D eigenvalue weighted by molar-refractivity contribution is 0.981. The quantitative estimate of drug-likeness (QED) is 0.619. The summed E-state index contributed by atoms with van der Waals surface area (Å²) in [6.07, 6.45) is 4.82. The molecule has 10 heavy (non-hydrogen) atoms. The third kappa shape index (κ3) is 0.907. The van der Waals surface area contributed by atoms with Crippen LogP contribution in [-0.2, 0) is 0 Å². The van der Waals surface area contributed by atoms with Gasteiger partial charge in [0.25, 0.3) is 0 Å². The summed E-state index contributed by atoms with van der Waals surface area (Å²) in [5.41, 5.74) is 6.96. The van der Waals surface area contributed by atoms with Crippen LogP contribution in [-0.4, -0.2) is 11.0 Å². The monoisotopic (exact) mass is 134 g/mol. The fourth-order valence-corrected chi connectivity index (χ4v) is 1.19. The van der Waals surface area contributed by atoms with Gasteiger partial charge in [-0.2, -0.15) is 0 Å². The minimum atomic E-state index is 0.393. The summed E-state index contributed by atoms with van der Waals surface area (Å²) in [6, 6.07) is 4.44.